The summed E-state index contributed by atoms with van der Waals surface area (Å²) in [5, 5.41) is 10.6. The van der Waals surface area contributed by atoms with Gasteiger partial charge in [0.05, 0.1) is 6.04 Å². The van der Waals surface area contributed by atoms with Crippen molar-refractivity contribution in [1.29, 1.82) is 5.41 Å². The van der Waals surface area contributed by atoms with Crippen LogP contribution in [0.15, 0.2) is 0 Å². The molecule has 2 amide bonds. The lowest BCUT2D eigenvalue weighted by Crippen LogP contribution is -2.58. The second-order valence-corrected chi connectivity index (χ2v) is 6.08. The van der Waals surface area contributed by atoms with Crippen LogP contribution < -0.4 is 11.1 Å². The monoisotopic (exact) mass is 269 g/mol. The Morgan fingerprint density at radius 2 is 1.84 bits per heavy atom. The van der Waals surface area contributed by atoms with Gasteiger partial charge in [-0.15, -0.1) is 0 Å². The first kappa shape index (κ1) is 15.8. The standard InChI is InChI=1S/C13H27N5O/c1-5-10(11(14)15)17-6-8-18(9-7-17)12(19)16-13(2,3)4/h10H,5-9H2,1-4H3,(H3,14,15)(H,16,19). The van der Waals surface area contributed by atoms with Gasteiger partial charge in [0.1, 0.15) is 5.84 Å². The highest BCUT2D eigenvalue weighted by molar-refractivity contribution is 5.82. The molecule has 1 atom stereocenters. The molecule has 0 bridgehead atoms. The quantitative estimate of drug-likeness (QED) is 0.524. The second-order valence-electron chi connectivity index (χ2n) is 6.08. The van der Waals surface area contributed by atoms with Crippen molar-refractivity contribution in [3.8, 4) is 0 Å². The molecule has 19 heavy (non-hydrogen) atoms. The number of urea groups is 1. The molecule has 0 aromatic carbocycles. The molecule has 0 saturated carbocycles. The van der Waals surface area contributed by atoms with E-state index in [2.05, 4.69) is 10.2 Å². The molecule has 0 aromatic rings. The number of carbonyl (C=O) groups is 1. The normalized spacial score (nSPS) is 19.1. The number of hydrogen-bond donors (Lipinski definition) is 3. The van der Waals surface area contributed by atoms with Crippen LogP contribution in [0, 0.1) is 5.41 Å². The Morgan fingerprint density at radius 1 is 1.32 bits per heavy atom. The minimum absolute atomic E-state index is 0.00725. The van der Waals surface area contributed by atoms with E-state index in [1.165, 1.54) is 0 Å². The molecule has 6 nitrogen and oxygen atoms in total. The molecule has 1 aliphatic heterocycles. The van der Waals surface area contributed by atoms with E-state index >= 15 is 0 Å². The van der Waals surface area contributed by atoms with E-state index < -0.39 is 0 Å². The SMILES string of the molecule is CCC(C(=N)N)N1CCN(C(=O)NC(C)(C)C)CC1. The summed E-state index contributed by atoms with van der Waals surface area (Å²) in [6, 6.07) is -0.00384. The fourth-order valence-corrected chi connectivity index (χ4v) is 2.31. The molecule has 110 valence electrons. The molecular weight excluding hydrogens is 242 g/mol. The molecule has 1 unspecified atom stereocenters. The fourth-order valence-electron chi connectivity index (χ4n) is 2.31. The summed E-state index contributed by atoms with van der Waals surface area (Å²) < 4.78 is 0. The second kappa shape index (κ2) is 6.23. The van der Waals surface area contributed by atoms with Crippen molar-refractivity contribution in [2.75, 3.05) is 26.2 Å². The summed E-state index contributed by atoms with van der Waals surface area (Å²) in [7, 11) is 0. The topological polar surface area (TPSA) is 85.5 Å². The molecule has 1 aliphatic rings. The van der Waals surface area contributed by atoms with Gasteiger partial charge in [0.2, 0.25) is 0 Å². The third kappa shape index (κ3) is 4.70. The minimum atomic E-state index is -0.209. The Morgan fingerprint density at radius 3 is 2.21 bits per heavy atom. The minimum Gasteiger partial charge on any atom is -0.386 e. The van der Waals surface area contributed by atoms with Crippen molar-refractivity contribution in [3.63, 3.8) is 0 Å². The number of rotatable bonds is 3. The Balaban J connectivity index is 2.49. The van der Waals surface area contributed by atoms with Crippen LogP contribution in [-0.2, 0) is 0 Å². The van der Waals surface area contributed by atoms with E-state index in [1.807, 2.05) is 32.6 Å². The molecule has 4 N–H and O–H groups in total. The predicted octanol–water partition coefficient (Wildman–Crippen LogP) is 0.827. The van der Waals surface area contributed by atoms with Gasteiger partial charge in [-0.1, -0.05) is 6.92 Å². The van der Waals surface area contributed by atoms with Crippen LogP contribution in [0.25, 0.3) is 0 Å². The van der Waals surface area contributed by atoms with E-state index in [0.29, 0.717) is 13.1 Å². The average Bonchev–Trinajstić information content (AvgIpc) is 2.28. The Labute approximate surface area is 115 Å². The molecule has 0 spiro atoms. The third-order valence-electron chi connectivity index (χ3n) is 3.27. The van der Waals surface area contributed by atoms with Crippen LogP contribution >= 0.6 is 0 Å². The molecule has 0 radical (unpaired) electrons. The molecule has 1 heterocycles. The zero-order chi connectivity index (χ0) is 14.6. The van der Waals surface area contributed by atoms with Crippen LogP contribution in [0.5, 0.6) is 0 Å². The smallest absolute Gasteiger partial charge is 0.317 e. The lowest BCUT2D eigenvalue weighted by molar-refractivity contribution is 0.122. The summed E-state index contributed by atoms with van der Waals surface area (Å²) >= 11 is 0. The van der Waals surface area contributed by atoms with Gasteiger partial charge in [-0.2, -0.15) is 0 Å². The third-order valence-corrected chi connectivity index (χ3v) is 3.27. The number of carbonyl (C=O) groups excluding carboxylic acids is 1. The number of amides is 2. The largest absolute Gasteiger partial charge is 0.386 e. The van der Waals surface area contributed by atoms with Crippen molar-refractivity contribution >= 4 is 11.9 Å². The van der Waals surface area contributed by atoms with Crippen LogP contribution in [0.1, 0.15) is 34.1 Å². The van der Waals surface area contributed by atoms with E-state index in [1.54, 1.807) is 0 Å². The predicted molar refractivity (Wildman–Crippen MR) is 77.4 cm³/mol. The molecule has 0 aliphatic carbocycles. The van der Waals surface area contributed by atoms with E-state index in [9.17, 15) is 4.79 Å². The maximum absolute atomic E-state index is 12.0. The maximum atomic E-state index is 12.0. The molecule has 1 rings (SSSR count). The van der Waals surface area contributed by atoms with Crippen LogP contribution in [-0.4, -0.2) is 59.4 Å². The van der Waals surface area contributed by atoms with Gasteiger partial charge in [-0.25, -0.2) is 4.79 Å². The highest BCUT2D eigenvalue weighted by Gasteiger charge is 2.27. The van der Waals surface area contributed by atoms with Gasteiger partial charge < -0.3 is 16.0 Å². The van der Waals surface area contributed by atoms with Gasteiger partial charge in [-0.3, -0.25) is 10.3 Å². The number of nitrogens with zero attached hydrogens (tertiary/aromatic N) is 2. The zero-order valence-electron chi connectivity index (χ0n) is 12.5. The van der Waals surface area contributed by atoms with E-state index in [-0.39, 0.29) is 23.4 Å². The first-order valence-electron chi connectivity index (χ1n) is 6.89. The Bertz CT molecular complexity index is 328. The summed E-state index contributed by atoms with van der Waals surface area (Å²) in [4.78, 5) is 16.0. The van der Waals surface area contributed by atoms with Gasteiger partial charge in [0, 0.05) is 31.7 Å². The summed E-state index contributed by atoms with van der Waals surface area (Å²) in [5.41, 5.74) is 5.40. The van der Waals surface area contributed by atoms with Crippen molar-refractivity contribution in [1.82, 2.24) is 15.1 Å². The van der Waals surface area contributed by atoms with E-state index in [0.717, 1.165) is 19.5 Å². The van der Waals surface area contributed by atoms with Crippen LogP contribution in [0.3, 0.4) is 0 Å². The summed E-state index contributed by atoms with van der Waals surface area (Å²) in [6.07, 6.45) is 0.837. The van der Waals surface area contributed by atoms with Crippen LogP contribution in [0.4, 0.5) is 4.79 Å². The Kier molecular flexibility index (Phi) is 5.17. The number of piperazine rings is 1. The molecule has 6 heteroatoms. The summed E-state index contributed by atoms with van der Waals surface area (Å²) in [5.74, 6) is 0.218. The van der Waals surface area contributed by atoms with Crippen LogP contribution in [0.2, 0.25) is 0 Å². The van der Waals surface area contributed by atoms with Crippen molar-refractivity contribution in [2.24, 2.45) is 5.73 Å². The van der Waals surface area contributed by atoms with Gasteiger partial charge in [0.25, 0.3) is 0 Å². The van der Waals surface area contributed by atoms with Gasteiger partial charge in [-0.05, 0) is 27.2 Å². The van der Waals surface area contributed by atoms with Gasteiger partial charge >= 0.3 is 6.03 Å². The van der Waals surface area contributed by atoms with E-state index in [4.69, 9.17) is 11.1 Å². The highest BCUT2D eigenvalue weighted by Crippen LogP contribution is 2.10. The van der Waals surface area contributed by atoms with Gasteiger partial charge in [0.15, 0.2) is 0 Å². The number of nitrogens with one attached hydrogen (secondary N) is 2. The maximum Gasteiger partial charge on any atom is 0.317 e. The molecule has 0 aromatic heterocycles. The molecule has 1 fully saturated rings. The zero-order valence-corrected chi connectivity index (χ0v) is 12.5. The first-order chi connectivity index (χ1) is 8.74. The average molecular weight is 269 g/mol. The van der Waals surface area contributed by atoms with Crippen molar-refractivity contribution < 1.29 is 4.79 Å². The fraction of sp³-hybridized carbons (Fsp3) is 0.846. The Hall–Kier alpha value is -1.30. The number of amidine groups is 1. The summed E-state index contributed by atoms with van der Waals surface area (Å²) in [6.45, 7) is 10.9. The van der Waals surface area contributed by atoms with Crippen molar-refractivity contribution in [2.45, 2.75) is 45.7 Å². The molecular formula is C13H27N5O. The number of hydrogen-bond acceptors (Lipinski definition) is 3. The lowest BCUT2D eigenvalue weighted by Gasteiger charge is -2.39. The highest BCUT2D eigenvalue weighted by atomic mass is 16.2. The first-order valence-corrected chi connectivity index (χ1v) is 6.89. The molecule has 1 saturated heterocycles. The lowest BCUT2D eigenvalue weighted by atomic mass is 10.1. The van der Waals surface area contributed by atoms with Crippen molar-refractivity contribution in [3.05, 3.63) is 0 Å². The number of nitrogens with two attached hydrogens (primary N) is 1.